The van der Waals surface area contributed by atoms with E-state index in [1.165, 1.54) is 12.8 Å². The number of methoxy groups -OCH3 is 1. The first-order chi connectivity index (χ1) is 17.9. The molecule has 0 aliphatic carbocycles. The van der Waals surface area contributed by atoms with Crippen LogP contribution in [0.15, 0.2) is 42.5 Å². The van der Waals surface area contributed by atoms with Gasteiger partial charge in [-0.2, -0.15) is 0 Å². The molecule has 3 aromatic rings. The number of likely N-dealkylation sites (tertiary alicyclic amines) is 1. The van der Waals surface area contributed by atoms with Gasteiger partial charge in [0.2, 0.25) is 11.8 Å². The summed E-state index contributed by atoms with van der Waals surface area (Å²) in [5.41, 5.74) is 2.57. The molecule has 3 aliphatic heterocycles. The van der Waals surface area contributed by atoms with Crippen LogP contribution in [0.3, 0.4) is 0 Å². The van der Waals surface area contributed by atoms with Crippen molar-refractivity contribution in [2.75, 3.05) is 39.8 Å². The molecule has 2 N–H and O–H groups in total. The second-order valence-electron chi connectivity index (χ2n) is 10.8. The number of hydrogen-bond donors (Lipinski definition) is 2. The lowest BCUT2D eigenvalue weighted by Gasteiger charge is -2.53. The van der Waals surface area contributed by atoms with Gasteiger partial charge in [0.25, 0.3) is 0 Å². The second-order valence-corrected chi connectivity index (χ2v) is 10.8. The first-order valence-electron chi connectivity index (χ1n) is 13.2. The molecule has 4 heterocycles. The highest BCUT2D eigenvalue weighted by Crippen LogP contribution is 2.47. The highest BCUT2D eigenvalue weighted by Gasteiger charge is 2.55. The van der Waals surface area contributed by atoms with E-state index < -0.39 is 11.6 Å². The fourth-order valence-corrected chi connectivity index (χ4v) is 6.57. The van der Waals surface area contributed by atoms with Crippen LogP contribution < -0.4 is 4.74 Å². The van der Waals surface area contributed by atoms with E-state index >= 15 is 0 Å². The van der Waals surface area contributed by atoms with Crippen LogP contribution in [0.25, 0.3) is 10.9 Å². The number of phenols is 1. The summed E-state index contributed by atoms with van der Waals surface area (Å²) in [4.78, 5) is 37.4. The Morgan fingerprint density at radius 2 is 1.92 bits per heavy atom. The van der Waals surface area contributed by atoms with Crippen LogP contribution in [-0.2, 0) is 16.0 Å². The van der Waals surface area contributed by atoms with Crippen LogP contribution in [0.1, 0.15) is 49.0 Å². The Hall–Kier alpha value is -3.52. The molecule has 0 unspecified atom stereocenters. The van der Waals surface area contributed by atoms with E-state index in [9.17, 15) is 14.7 Å². The van der Waals surface area contributed by atoms with Crippen molar-refractivity contribution < 1.29 is 19.4 Å². The molecule has 3 aliphatic rings. The summed E-state index contributed by atoms with van der Waals surface area (Å²) in [6.45, 7) is 5.75. The third kappa shape index (κ3) is 3.94. The highest BCUT2D eigenvalue weighted by molar-refractivity contribution is 6.00. The number of aromatic amines is 1. The molecular formula is C29H34N4O4. The number of carbonyl (C=O) groups excluding carboxylic acids is 2. The van der Waals surface area contributed by atoms with E-state index in [0.717, 1.165) is 59.5 Å². The van der Waals surface area contributed by atoms with Gasteiger partial charge in [0.15, 0.2) is 0 Å². The molecule has 2 aromatic carbocycles. The van der Waals surface area contributed by atoms with Crippen molar-refractivity contribution in [1.82, 2.24) is 19.7 Å². The Kier molecular flexibility index (Phi) is 5.87. The van der Waals surface area contributed by atoms with Crippen molar-refractivity contribution in [2.45, 2.75) is 44.2 Å². The monoisotopic (exact) mass is 502 g/mol. The Morgan fingerprint density at radius 3 is 2.68 bits per heavy atom. The number of hydrogen-bond acceptors (Lipinski definition) is 5. The number of amides is 2. The summed E-state index contributed by atoms with van der Waals surface area (Å²) in [6.07, 6.45) is 3.75. The highest BCUT2D eigenvalue weighted by atomic mass is 16.5. The predicted octanol–water partition coefficient (Wildman–Crippen LogP) is 3.44. The summed E-state index contributed by atoms with van der Waals surface area (Å²) in [5.74, 6) is 0.786. The van der Waals surface area contributed by atoms with Crippen molar-refractivity contribution in [3.63, 3.8) is 0 Å². The van der Waals surface area contributed by atoms with Crippen LogP contribution in [0.5, 0.6) is 11.5 Å². The van der Waals surface area contributed by atoms with Crippen molar-refractivity contribution in [3.8, 4) is 11.5 Å². The van der Waals surface area contributed by atoms with Crippen molar-refractivity contribution >= 4 is 22.7 Å². The molecule has 0 bridgehead atoms. The quantitative estimate of drug-likeness (QED) is 0.539. The molecule has 8 nitrogen and oxygen atoms in total. The number of phenolic OH excluding ortho intramolecular Hbond substituents is 1. The van der Waals surface area contributed by atoms with E-state index in [1.807, 2.05) is 31.2 Å². The Labute approximate surface area is 216 Å². The number of fused-ring (bicyclic) bond motifs is 4. The fourth-order valence-electron chi connectivity index (χ4n) is 6.57. The Bertz CT molecular complexity index is 1360. The van der Waals surface area contributed by atoms with Crippen molar-refractivity contribution in [3.05, 3.63) is 59.3 Å². The van der Waals surface area contributed by atoms with E-state index in [0.29, 0.717) is 13.0 Å². The summed E-state index contributed by atoms with van der Waals surface area (Å²) in [6, 6.07) is 12.4. The Balaban J connectivity index is 1.41. The summed E-state index contributed by atoms with van der Waals surface area (Å²) in [5, 5.41) is 11.3. The molecular weight excluding hydrogens is 468 g/mol. The topological polar surface area (TPSA) is 89.1 Å². The first kappa shape index (κ1) is 23.9. The summed E-state index contributed by atoms with van der Waals surface area (Å²) in [7, 11) is 1.64. The van der Waals surface area contributed by atoms with Gasteiger partial charge in [0.05, 0.1) is 19.7 Å². The number of benzene rings is 2. The molecule has 194 valence electrons. The number of aromatic nitrogens is 1. The normalized spacial score (nSPS) is 24.0. The zero-order valence-corrected chi connectivity index (χ0v) is 21.5. The number of aromatic hydroxyl groups is 1. The molecule has 2 fully saturated rings. The van der Waals surface area contributed by atoms with E-state index in [-0.39, 0.29) is 24.1 Å². The molecule has 2 amide bonds. The standard InChI is InChI=1S/C29H34N4O4/c1-29-17-23-22-16-21(37-2)9-10-24(22)30-26(23)27(19-7-5-8-20(34)15-19)33(29)25(35)18-32(28(29)36)14-6-13-31-11-3-4-12-31/h5,7-10,15-16,27,30,34H,3-4,6,11-14,17-18H2,1-2H3/t27-,29-/m1/s1. The van der Waals surface area contributed by atoms with Gasteiger partial charge < -0.3 is 29.5 Å². The molecule has 37 heavy (non-hydrogen) atoms. The van der Waals surface area contributed by atoms with Gasteiger partial charge in [-0.25, -0.2) is 0 Å². The van der Waals surface area contributed by atoms with Crippen molar-refractivity contribution in [2.24, 2.45) is 0 Å². The average molecular weight is 503 g/mol. The van der Waals surface area contributed by atoms with E-state index in [1.54, 1.807) is 35.1 Å². The molecule has 0 radical (unpaired) electrons. The number of H-pyrrole nitrogens is 1. The molecule has 2 saturated heterocycles. The lowest BCUT2D eigenvalue weighted by molar-refractivity contribution is -0.167. The average Bonchev–Trinajstić information content (AvgIpc) is 3.53. The Morgan fingerprint density at radius 1 is 1.11 bits per heavy atom. The maximum atomic E-state index is 14.1. The van der Waals surface area contributed by atoms with Gasteiger partial charge >= 0.3 is 0 Å². The lowest BCUT2D eigenvalue weighted by atomic mass is 9.78. The first-order valence-corrected chi connectivity index (χ1v) is 13.2. The lowest BCUT2D eigenvalue weighted by Crippen LogP contribution is -2.69. The van der Waals surface area contributed by atoms with Gasteiger partial charge in [-0.15, -0.1) is 0 Å². The number of nitrogens with one attached hydrogen (secondary N) is 1. The summed E-state index contributed by atoms with van der Waals surface area (Å²) >= 11 is 0. The molecule has 1 aromatic heterocycles. The van der Waals surface area contributed by atoms with Gasteiger partial charge in [0, 0.05) is 29.6 Å². The third-order valence-electron chi connectivity index (χ3n) is 8.36. The number of piperazine rings is 1. The number of carbonyl (C=O) groups is 2. The minimum Gasteiger partial charge on any atom is -0.508 e. The zero-order valence-electron chi connectivity index (χ0n) is 21.5. The summed E-state index contributed by atoms with van der Waals surface area (Å²) < 4.78 is 5.49. The van der Waals surface area contributed by atoms with Crippen LogP contribution in [0, 0.1) is 0 Å². The van der Waals surface area contributed by atoms with Crippen LogP contribution in [-0.4, -0.2) is 82.0 Å². The van der Waals surface area contributed by atoms with Crippen LogP contribution in [0.4, 0.5) is 0 Å². The zero-order chi connectivity index (χ0) is 25.7. The minimum atomic E-state index is -1.04. The van der Waals surface area contributed by atoms with Crippen LogP contribution >= 0.6 is 0 Å². The second kappa shape index (κ2) is 9.10. The number of nitrogens with zero attached hydrogens (tertiary/aromatic N) is 3. The maximum Gasteiger partial charge on any atom is 0.249 e. The number of rotatable bonds is 6. The molecule has 6 rings (SSSR count). The molecule has 0 saturated carbocycles. The van der Waals surface area contributed by atoms with Crippen molar-refractivity contribution in [1.29, 1.82) is 0 Å². The SMILES string of the molecule is COc1ccc2[nH]c3c(c2c1)C[C@]1(C)C(=O)N(CCCN2CCCC2)CC(=O)N1[C@@H]3c1cccc(O)c1. The fraction of sp³-hybridized carbons (Fsp3) is 0.448. The minimum absolute atomic E-state index is 0.0124. The smallest absolute Gasteiger partial charge is 0.249 e. The van der Waals surface area contributed by atoms with Gasteiger partial charge in [-0.05, 0) is 87.3 Å². The van der Waals surface area contributed by atoms with Gasteiger partial charge in [0.1, 0.15) is 17.0 Å². The molecule has 8 heteroatoms. The van der Waals surface area contributed by atoms with Crippen LogP contribution in [0.2, 0.25) is 0 Å². The molecule has 2 atom stereocenters. The largest absolute Gasteiger partial charge is 0.508 e. The van der Waals surface area contributed by atoms with E-state index in [4.69, 9.17) is 4.74 Å². The van der Waals surface area contributed by atoms with Gasteiger partial charge in [-0.3, -0.25) is 9.59 Å². The van der Waals surface area contributed by atoms with Gasteiger partial charge in [-0.1, -0.05) is 12.1 Å². The van der Waals surface area contributed by atoms with E-state index in [2.05, 4.69) is 9.88 Å². The third-order valence-corrected chi connectivity index (χ3v) is 8.36. The number of ether oxygens (including phenoxy) is 1. The predicted molar refractivity (Wildman–Crippen MR) is 141 cm³/mol. The molecule has 0 spiro atoms. The maximum absolute atomic E-state index is 14.1.